The van der Waals surface area contributed by atoms with Gasteiger partial charge in [-0.15, -0.1) is 0 Å². The highest BCUT2D eigenvalue weighted by Crippen LogP contribution is 2.20. The average molecular weight is 343 g/mol. The van der Waals surface area contributed by atoms with E-state index in [2.05, 4.69) is 27.3 Å². The minimum Gasteiger partial charge on any atom is -0.396 e. The summed E-state index contributed by atoms with van der Waals surface area (Å²) >= 11 is 0. The van der Waals surface area contributed by atoms with E-state index in [0.717, 1.165) is 25.7 Å². The van der Waals surface area contributed by atoms with Crippen molar-refractivity contribution in [2.45, 2.75) is 19.0 Å². The third-order valence-electron chi connectivity index (χ3n) is 4.60. The van der Waals surface area contributed by atoms with Crippen LogP contribution in [-0.4, -0.2) is 46.6 Å². The molecule has 1 aromatic heterocycles. The van der Waals surface area contributed by atoms with Crippen LogP contribution in [-0.2, 0) is 6.54 Å². The molecule has 25 heavy (non-hydrogen) atoms. The highest BCUT2D eigenvalue weighted by atomic mass is 19.1. The van der Waals surface area contributed by atoms with Gasteiger partial charge in [0.15, 0.2) is 0 Å². The number of benzene rings is 1. The van der Waals surface area contributed by atoms with Crippen LogP contribution in [0.1, 0.15) is 22.5 Å². The zero-order chi connectivity index (χ0) is 17.6. The maximum Gasteiger partial charge on any atom is 0.270 e. The zero-order valence-corrected chi connectivity index (χ0v) is 13.9. The van der Waals surface area contributed by atoms with E-state index in [9.17, 15) is 14.3 Å². The minimum absolute atomic E-state index is 0.0106. The van der Waals surface area contributed by atoms with Crippen LogP contribution in [0.15, 0.2) is 48.7 Å². The first-order valence-electron chi connectivity index (χ1n) is 8.45. The lowest BCUT2D eigenvalue weighted by Gasteiger charge is -2.38. The Hall–Kier alpha value is -2.31. The molecule has 5 nitrogen and oxygen atoms in total. The molecule has 1 fully saturated rings. The van der Waals surface area contributed by atoms with E-state index < -0.39 is 5.82 Å². The number of piperidine rings is 1. The highest BCUT2D eigenvalue weighted by molar-refractivity contribution is 5.92. The molecule has 2 N–H and O–H groups in total. The molecule has 0 aliphatic carbocycles. The van der Waals surface area contributed by atoms with Crippen molar-refractivity contribution in [2.24, 2.45) is 5.92 Å². The number of amides is 1. The van der Waals surface area contributed by atoms with Crippen LogP contribution >= 0.6 is 0 Å². The van der Waals surface area contributed by atoms with Crippen molar-refractivity contribution in [1.82, 2.24) is 15.2 Å². The Morgan fingerprint density at radius 3 is 2.76 bits per heavy atom. The van der Waals surface area contributed by atoms with Gasteiger partial charge in [0.2, 0.25) is 0 Å². The van der Waals surface area contributed by atoms with Crippen molar-refractivity contribution >= 4 is 5.91 Å². The number of aromatic nitrogens is 1. The van der Waals surface area contributed by atoms with Gasteiger partial charge in [-0.05, 0) is 30.7 Å². The van der Waals surface area contributed by atoms with Crippen LogP contribution in [0.5, 0.6) is 0 Å². The first-order valence-corrected chi connectivity index (χ1v) is 8.45. The van der Waals surface area contributed by atoms with Crippen molar-refractivity contribution in [3.05, 3.63) is 65.7 Å². The molecule has 1 aliphatic rings. The van der Waals surface area contributed by atoms with Gasteiger partial charge in [0.05, 0.1) is 6.20 Å². The molecule has 1 aliphatic heterocycles. The molecule has 1 amide bonds. The van der Waals surface area contributed by atoms with Gasteiger partial charge in [0.25, 0.3) is 5.91 Å². The first-order chi connectivity index (χ1) is 12.2. The summed E-state index contributed by atoms with van der Waals surface area (Å²) in [5.41, 5.74) is 1.40. The number of aliphatic hydroxyl groups is 1. The summed E-state index contributed by atoms with van der Waals surface area (Å²) in [6, 6.07) is 12.6. The van der Waals surface area contributed by atoms with Crippen LogP contribution in [0.2, 0.25) is 0 Å². The summed E-state index contributed by atoms with van der Waals surface area (Å²) < 4.78 is 12.9. The van der Waals surface area contributed by atoms with E-state index >= 15 is 0 Å². The summed E-state index contributed by atoms with van der Waals surface area (Å²) in [7, 11) is 0. The van der Waals surface area contributed by atoms with E-state index in [1.54, 1.807) is 0 Å². The summed E-state index contributed by atoms with van der Waals surface area (Å²) in [5.74, 6) is -0.807. The molecular weight excluding hydrogens is 321 g/mol. The number of aliphatic hydroxyl groups excluding tert-OH is 1. The molecule has 1 saturated heterocycles. The molecule has 2 atom stereocenters. The molecule has 0 spiro atoms. The Morgan fingerprint density at radius 1 is 1.28 bits per heavy atom. The van der Waals surface area contributed by atoms with Crippen molar-refractivity contribution in [1.29, 1.82) is 0 Å². The molecule has 2 aromatic rings. The predicted octanol–water partition coefficient (Wildman–Crippen LogP) is 1.83. The predicted molar refractivity (Wildman–Crippen MR) is 92.4 cm³/mol. The summed E-state index contributed by atoms with van der Waals surface area (Å²) in [6.07, 6.45) is 1.84. The van der Waals surface area contributed by atoms with E-state index in [1.165, 1.54) is 17.7 Å². The van der Waals surface area contributed by atoms with Gasteiger partial charge in [0, 0.05) is 31.7 Å². The number of nitrogens with zero attached hydrogens (tertiary/aromatic N) is 2. The lowest BCUT2D eigenvalue weighted by Crippen LogP contribution is -2.53. The number of hydrogen-bond acceptors (Lipinski definition) is 4. The van der Waals surface area contributed by atoms with Gasteiger partial charge >= 0.3 is 0 Å². The second-order valence-corrected chi connectivity index (χ2v) is 6.39. The number of likely N-dealkylation sites (tertiary alicyclic amines) is 1. The van der Waals surface area contributed by atoms with Crippen molar-refractivity contribution in [3.8, 4) is 0 Å². The maximum absolute atomic E-state index is 12.9. The Kier molecular flexibility index (Phi) is 5.73. The topological polar surface area (TPSA) is 65.5 Å². The smallest absolute Gasteiger partial charge is 0.270 e. The van der Waals surface area contributed by atoms with E-state index in [4.69, 9.17) is 0 Å². The van der Waals surface area contributed by atoms with Crippen LogP contribution in [0.4, 0.5) is 4.39 Å². The molecule has 0 saturated carbocycles. The van der Waals surface area contributed by atoms with Gasteiger partial charge in [-0.25, -0.2) is 9.37 Å². The molecule has 3 rings (SSSR count). The van der Waals surface area contributed by atoms with E-state index in [1.807, 2.05) is 18.2 Å². The Morgan fingerprint density at radius 2 is 2.08 bits per heavy atom. The van der Waals surface area contributed by atoms with Crippen LogP contribution in [0.3, 0.4) is 0 Å². The number of rotatable bonds is 5. The number of nitrogens with one attached hydrogen (secondary N) is 1. The largest absolute Gasteiger partial charge is 0.396 e. The van der Waals surface area contributed by atoms with Gasteiger partial charge in [-0.1, -0.05) is 30.3 Å². The molecule has 1 aromatic carbocycles. The fourth-order valence-corrected chi connectivity index (χ4v) is 3.19. The fourth-order valence-electron chi connectivity index (χ4n) is 3.19. The minimum atomic E-state index is -0.475. The lowest BCUT2D eigenvalue weighted by molar-refractivity contribution is 0.0727. The Labute approximate surface area is 146 Å². The SMILES string of the molecule is O=C(N[C@H]1CN(Cc2ccccc2)CC[C@@H]1CO)c1ccc(F)cn1. The molecule has 2 heterocycles. The molecule has 6 heteroatoms. The Bertz CT molecular complexity index is 694. The average Bonchev–Trinajstić information content (AvgIpc) is 2.63. The summed E-state index contributed by atoms with van der Waals surface area (Å²) in [5, 5.41) is 12.6. The summed E-state index contributed by atoms with van der Waals surface area (Å²) in [4.78, 5) is 18.4. The standard InChI is InChI=1S/C19H22FN3O2/c20-16-6-7-17(21-10-16)19(25)22-18-12-23(9-8-15(18)13-24)11-14-4-2-1-3-5-14/h1-7,10,15,18,24H,8-9,11-13H2,(H,22,25)/t15-,18+/m1/s1. The number of carbonyl (C=O) groups is 1. The quantitative estimate of drug-likeness (QED) is 0.869. The number of carbonyl (C=O) groups excluding carboxylic acids is 1. The monoisotopic (exact) mass is 343 g/mol. The van der Waals surface area contributed by atoms with Crippen molar-refractivity contribution < 1.29 is 14.3 Å². The van der Waals surface area contributed by atoms with Gasteiger partial charge in [-0.2, -0.15) is 0 Å². The molecule has 0 unspecified atom stereocenters. The number of halogens is 1. The third-order valence-corrected chi connectivity index (χ3v) is 4.60. The zero-order valence-electron chi connectivity index (χ0n) is 13.9. The molecule has 0 bridgehead atoms. The second kappa shape index (κ2) is 8.18. The number of hydrogen-bond donors (Lipinski definition) is 2. The Balaban J connectivity index is 1.64. The van der Waals surface area contributed by atoms with Crippen LogP contribution in [0.25, 0.3) is 0 Å². The fraction of sp³-hybridized carbons (Fsp3) is 0.368. The normalized spacial score (nSPS) is 21.0. The molecular formula is C19H22FN3O2. The molecule has 0 radical (unpaired) electrons. The molecule has 132 valence electrons. The summed E-state index contributed by atoms with van der Waals surface area (Å²) in [6.45, 7) is 2.37. The van der Waals surface area contributed by atoms with Crippen LogP contribution in [0, 0.1) is 11.7 Å². The van der Waals surface area contributed by atoms with Gasteiger partial charge in [-0.3, -0.25) is 9.69 Å². The van der Waals surface area contributed by atoms with Crippen molar-refractivity contribution in [3.63, 3.8) is 0 Å². The lowest BCUT2D eigenvalue weighted by atomic mass is 9.91. The first kappa shape index (κ1) is 17.5. The van der Waals surface area contributed by atoms with Gasteiger partial charge < -0.3 is 10.4 Å². The van der Waals surface area contributed by atoms with E-state index in [0.29, 0.717) is 6.54 Å². The number of pyridine rings is 1. The highest BCUT2D eigenvalue weighted by Gasteiger charge is 2.30. The van der Waals surface area contributed by atoms with Crippen molar-refractivity contribution in [2.75, 3.05) is 19.7 Å². The van der Waals surface area contributed by atoms with E-state index in [-0.39, 0.29) is 30.2 Å². The maximum atomic E-state index is 12.9. The second-order valence-electron chi connectivity index (χ2n) is 6.39. The van der Waals surface area contributed by atoms with Crippen LogP contribution < -0.4 is 5.32 Å². The van der Waals surface area contributed by atoms with Gasteiger partial charge in [0.1, 0.15) is 11.5 Å². The third kappa shape index (κ3) is 4.61.